The summed E-state index contributed by atoms with van der Waals surface area (Å²) in [7, 11) is 0. The number of ether oxygens (including phenoxy) is 1. The van der Waals surface area contributed by atoms with Crippen molar-refractivity contribution in [1.29, 1.82) is 0 Å². The summed E-state index contributed by atoms with van der Waals surface area (Å²) in [5.74, 6) is 0.286. The first-order chi connectivity index (χ1) is 14.8. The number of nitrogens with one attached hydrogen (secondary N) is 1. The highest BCUT2D eigenvalue weighted by Gasteiger charge is 2.18. The molecule has 4 aromatic rings. The van der Waals surface area contributed by atoms with Gasteiger partial charge in [0.15, 0.2) is 5.65 Å². The minimum atomic E-state index is -0.540. The average molecular weight is 417 g/mol. The molecule has 1 N–H and O–H groups in total. The van der Waals surface area contributed by atoms with Crippen molar-refractivity contribution in [2.75, 3.05) is 5.32 Å². The van der Waals surface area contributed by atoms with Gasteiger partial charge in [-0.1, -0.05) is 17.7 Å². The fraction of sp³-hybridized carbons (Fsp3) is 0.136. The molecule has 0 saturated heterocycles. The van der Waals surface area contributed by atoms with E-state index in [1.807, 2.05) is 39.0 Å². The summed E-state index contributed by atoms with van der Waals surface area (Å²) in [5.41, 5.74) is 3.35. The molecule has 1 amide bonds. The number of carbonyl (C=O) groups excluding carboxylic acids is 1. The van der Waals surface area contributed by atoms with Crippen LogP contribution in [0, 0.1) is 30.9 Å². The standard InChI is InChI=1S/C22H19N5O4/c1-13-4-6-18(7-5-13)31-19-10-16(9-17(11-19)27(29)30)25-22(28)20-12-23-26-15(3)8-14(2)24-21(20)26/h4-12H,1-3H3,(H,25,28). The van der Waals surface area contributed by atoms with Crippen LogP contribution in [0.1, 0.15) is 27.3 Å². The van der Waals surface area contributed by atoms with Gasteiger partial charge in [0.25, 0.3) is 11.6 Å². The van der Waals surface area contributed by atoms with Gasteiger partial charge in [-0.2, -0.15) is 5.10 Å². The third-order valence-corrected chi connectivity index (χ3v) is 4.64. The number of carbonyl (C=O) groups is 1. The molecule has 2 aromatic heterocycles. The predicted molar refractivity (Wildman–Crippen MR) is 115 cm³/mol. The molecule has 0 fully saturated rings. The minimum absolute atomic E-state index is 0.204. The molecule has 4 rings (SSSR count). The molecule has 0 atom stereocenters. The van der Waals surface area contributed by atoms with E-state index in [1.54, 1.807) is 16.6 Å². The van der Waals surface area contributed by atoms with Gasteiger partial charge < -0.3 is 10.1 Å². The van der Waals surface area contributed by atoms with Crippen LogP contribution < -0.4 is 10.1 Å². The predicted octanol–water partition coefficient (Wildman–Crippen LogP) is 4.61. The van der Waals surface area contributed by atoms with Crippen LogP contribution in [0.2, 0.25) is 0 Å². The number of rotatable bonds is 5. The lowest BCUT2D eigenvalue weighted by atomic mass is 10.2. The summed E-state index contributed by atoms with van der Waals surface area (Å²) < 4.78 is 7.32. The molecule has 0 saturated carbocycles. The molecule has 0 aliphatic rings. The molecule has 0 spiro atoms. The van der Waals surface area contributed by atoms with Crippen molar-refractivity contribution in [2.45, 2.75) is 20.8 Å². The number of nitro benzene ring substituents is 1. The van der Waals surface area contributed by atoms with Crippen molar-refractivity contribution < 1.29 is 14.5 Å². The van der Waals surface area contributed by atoms with Crippen LogP contribution in [-0.2, 0) is 0 Å². The Morgan fingerprint density at radius 1 is 1.06 bits per heavy atom. The first kappa shape index (κ1) is 20.0. The third-order valence-electron chi connectivity index (χ3n) is 4.64. The Morgan fingerprint density at radius 3 is 2.52 bits per heavy atom. The highest BCUT2D eigenvalue weighted by Crippen LogP contribution is 2.30. The molecule has 9 heteroatoms. The number of nitro groups is 1. The van der Waals surface area contributed by atoms with Crippen molar-refractivity contribution in [3.05, 3.63) is 87.4 Å². The average Bonchev–Trinajstić information content (AvgIpc) is 3.14. The highest BCUT2D eigenvalue weighted by atomic mass is 16.6. The number of aromatic nitrogens is 3. The van der Waals surface area contributed by atoms with Gasteiger partial charge in [-0.3, -0.25) is 14.9 Å². The number of fused-ring (bicyclic) bond motifs is 1. The summed E-state index contributed by atoms with van der Waals surface area (Å²) in [6.07, 6.45) is 1.42. The molecule has 31 heavy (non-hydrogen) atoms. The molecule has 2 heterocycles. The van der Waals surface area contributed by atoms with E-state index in [2.05, 4.69) is 15.4 Å². The topological polar surface area (TPSA) is 112 Å². The number of amides is 1. The lowest BCUT2D eigenvalue weighted by Crippen LogP contribution is -2.12. The van der Waals surface area contributed by atoms with E-state index in [0.29, 0.717) is 11.4 Å². The lowest BCUT2D eigenvalue weighted by molar-refractivity contribution is -0.384. The van der Waals surface area contributed by atoms with Crippen molar-refractivity contribution in [1.82, 2.24) is 14.6 Å². The first-order valence-corrected chi connectivity index (χ1v) is 9.47. The van der Waals surface area contributed by atoms with Gasteiger partial charge >= 0.3 is 0 Å². The summed E-state index contributed by atoms with van der Waals surface area (Å²) in [6, 6.07) is 13.2. The molecule has 0 aliphatic carbocycles. The Labute approximate surface area is 177 Å². The van der Waals surface area contributed by atoms with Gasteiger partial charge in [0.2, 0.25) is 0 Å². The second-order valence-corrected chi connectivity index (χ2v) is 7.17. The number of aryl methyl sites for hydroxylation is 3. The first-order valence-electron chi connectivity index (χ1n) is 9.47. The maximum Gasteiger partial charge on any atom is 0.275 e. The van der Waals surface area contributed by atoms with E-state index < -0.39 is 10.8 Å². The molecular weight excluding hydrogens is 398 g/mol. The number of hydrogen-bond acceptors (Lipinski definition) is 6. The molecule has 2 aromatic carbocycles. The van der Waals surface area contributed by atoms with Crippen LogP contribution in [0.25, 0.3) is 5.65 Å². The lowest BCUT2D eigenvalue weighted by Gasteiger charge is -2.09. The number of hydrogen-bond donors (Lipinski definition) is 1. The smallest absolute Gasteiger partial charge is 0.275 e. The fourth-order valence-electron chi connectivity index (χ4n) is 3.19. The SMILES string of the molecule is Cc1ccc(Oc2cc(NC(=O)c3cnn4c(C)cc(C)nc34)cc([N+](=O)[O-])c2)cc1. The molecule has 0 aliphatic heterocycles. The van der Waals surface area contributed by atoms with Gasteiger partial charge in [-0.05, 0) is 39.0 Å². The third kappa shape index (κ3) is 4.20. The number of non-ortho nitro benzene ring substituents is 1. The maximum atomic E-state index is 12.9. The minimum Gasteiger partial charge on any atom is -0.457 e. The van der Waals surface area contributed by atoms with E-state index >= 15 is 0 Å². The normalized spacial score (nSPS) is 10.8. The summed E-state index contributed by atoms with van der Waals surface area (Å²) in [5, 5.41) is 18.3. The van der Waals surface area contributed by atoms with Crippen molar-refractivity contribution >= 4 is 22.9 Å². The summed E-state index contributed by atoms with van der Waals surface area (Å²) in [6.45, 7) is 5.64. The molecule has 156 valence electrons. The van der Waals surface area contributed by atoms with Crippen LogP contribution in [0.5, 0.6) is 11.5 Å². The molecular formula is C22H19N5O4. The van der Waals surface area contributed by atoms with Crippen molar-refractivity contribution in [3.8, 4) is 11.5 Å². The zero-order chi connectivity index (χ0) is 22.1. The fourth-order valence-corrected chi connectivity index (χ4v) is 3.19. The van der Waals surface area contributed by atoms with Gasteiger partial charge in [0.05, 0.1) is 22.9 Å². The van der Waals surface area contributed by atoms with Crippen LogP contribution in [-0.4, -0.2) is 25.4 Å². The zero-order valence-corrected chi connectivity index (χ0v) is 17.1. The van der Waals surface area contributed by atoms with E-state index in [1.165, 1.54) is 24.4 Å². The largest absolute Gasteiger partial charge is 0.457 e. The second-order valence-electron chi connectivity index (χ2n) is 7.17. The van der Waals surface area contributed by atoms with E-state index in [9.17, 15) is 14.9 Å². The maximum absolute atomic E-state index is 12.9. The van der Waals surface area contributed by atoms with E-state index in [-0.39, 0.29) is 22.7 Å². The Hall–Kier alpha value is -4.27. The van der Waals surface area contributed by atoms with Crippen LogP contribution in [0.4, 0.5) is 11.4 Å². The van der Waals surface area contributed by atoms with Crippen molar-refractivity contribution in [2.24, 2.45) is 0 Å². The van der Waals surface area contributed by atoms with Gasteiger partial charge in [-0.25, -0.2) is 9.50 Å². The number of benzene rings is 2. The van der Waals surface area contributed by atoms with Gasteiger partial charge in [-0.15, -0.1) is 0 Å². The van der Waals surface area contributed by atoms with Crippen LogP contribution in [0.15, 0.2) is 54.7 Å². The van der Waals surface area contributed by atoms with Crippen LogP contribution in [0.3, 0.4) is 0 Å². The number of anilines is 1. The quantitative estimate of drug-likeness (QED) is 0.375. The highest BCUT2D eigenvalue weighted by molar-refractivity contribution is 6.08. The molecule has 9 nitrogen and oxygen atoms in total. The van der Waals surface area contributed by atoms with E-state index in [4.69, 9.17) is 4.74 Å². The Kier molecular flexibility index (Phi) is 5.08. The Balaban J connectivity index is 1.66. The second kappa shape index (κ2) is 7.86. The van der Waals surface area contributed by atoms with Crippen molar-refractivity contribution in [3.63, 3.8) is 0 Å². The van der Waals surface area contributed by atoms with Crippen LogP contribution >= 0.6 is 0 Å². The molecule has 0 bridgehead atoms. The number of nitrogens with zero attached hydrogens (tertiary/aromatic N) is 4. The Bertz CT molecular complexity index is 1310. The summed E-state index contributed by atoms with van der Waals surface area (Å²) in [4.78, 5) is 28.1. The van der Waals surface area contributed by atoms with Gasteiger partial charge in [0.1, 0.15) is 17.1 Å². The van der Waals surface area contributed by atoms with E-state index in [0.717, 1.165) is 17.0 Å². The van der Waals surface area contributed by atoms with Gasteiger partial charge in [0, 0.05) is 23.5 Å². The molecule has 0 unspecified atom stereocenters. The molecule has 0 radical (unpaired) electrons. The monoisotopic (exact) mass is 417 g/mol. The summed E-state index contributed by atoms with van der Waals surface area (Å²) >= 11 is 0. The Morgan fingerprint density at radius 2 is 1.81 bits per heavy atom. The zero-order valence-electron chi connectivity index (χ0n) is 17.1.